The van der Waals surface area contributed by atoms with Gasteiger partial charge in [-0.3, -0.25) is 0 Å². The van der Waals surface area contributed by atoms with Crippen LogP contribution in [0.4, 0.5) is 18.9 Å². The van der Waals surface area contributed by atoms with E-state index in [1.807, 2.05) is 0 Å². The van der Waals surface area contributed by atoms with Gasteiger partial charge < -0.3 is 20.3 Å². The van der Waals surface area contributed by atoms with Gasteiger partial charge in [0.1, 0.15) is 10.9 Å². The molecule has 2 rings (SSSR count). The van der Waals surface area contributed by atoms with Crippen LogP contribution in [-0.4, -0.2) is 34.5 Å². The van der Waals surface area contributed by atoms with Crippen LogP contribution in [0.2, 0.25) is 5.15 Å². The molecule has 0 spiro atoms. The van der Waals surface area contributed by atoms with Crippen LogP contribution in [0.25, 0.3) is 0 Å². The monoisotopic (exact) mass is 362 g/mol. The van der Waals surface area contributed by atoms with E-state index < -0.39 is 17.8 Å². The number of hydrogen-bond donors (Lipinski definition) is 3. The van der Waals surface area contributed by atoms with Crippen molar-refractivity contribution in [2.24, 2.45) is 0 Å². The third-order valence-corrected chi connectivity index (χ3v) is 3.12. The fourth-order valence-corrected chi connectivity index (χ4v) is 1.95. The summed E-state index contributed by atoms with van der Waals surface area (Å²) in [6.07, 6.45) is -5.44. The molecule has 1 unspecified atom stereocenters. The number of hydrogen-bond acceptors (Lipinski definition) is 5. The summed E-state index contributed by atoms with van der Waals surface area (Å²) in [4.78, 5) is 3.70. The van der Waals surface area contributed by atoms with E-state index in [4.69, 9.17) is 21.4 Å². The van der Waals surface area contributed by atoms with Crippen LogP contribution in [0, 0.1) is 0 Å². The summed E-state index contributed by atoms with van der Waals surface area (Å²) >= 11 is 5.59. The smallest absolute Gasteiger partial charge is 0.416 e. The molecular weight excluding hydrogens is 349 g/mol. The average molecular weight is 363 g/mol. The van der Waals surface area contributed by atoms with Gasteiger partial charge in [-0.2, -0.15) is 13.2 Å². The summed E-state index contributed by atoms with van der Waals surface area (Å²) < 4.78 is 43.5. The second-order valence-corrected chi connectivity index (χ2v) is 5.25. The maximum absolute atomic E-state index is 12.7. The van der Waals surface area contributed by atoms with Crippen molar-refractivity contribution in [2.45, 2.75) is 12.3 Å². The number of rotatable bonds is 6. The lowest BCUT2D eigenvalue weighted by molar-refractivity contribution is -0.137. The van der Waals surface area contributed by atoms with Crippen molar-refractivity contribution in [1.29, 1.82) is 0 Å². The molecule has 0 fully saturated rings. The topological polar surface area (TPSA) is 74.6 Å². The predicted molar refractivity (Wildman–Crippen MR) is 82.3 cm³/mol. The van der Waals surface area contributed by atoms with Crippen LogP contribution in [0.3, 0.4) is 0 Å². The number of nitrogens with zero attached hydrogens (tertiary/aromatic N) is 1. The number of ether oxygens (including phenoxy) is 1. The highest BCUT2D eigenvalue weighted by molar-refractivity contribution is 6.29. The first-order chi connectivity index (χ1) is 11.3. The SMILES string of the molecule is OCC(O)CNc1ccc(Oc2cc(C(F)(F)F)cc(Cl)n2)cc1. The molecule has 0 aliphatic rings. The molecule has 0 bridgehead atoms. The number of anilines is 1. The predicted octanol–water partition coefficient (Wildman–Crippen LogP) is 3.31. The zero-order valence-corrected chi connectivity index (χ0v) is 13.0. The minimum Gasteiger partial charge on any atom is -0.439 e. The van der Waals surface area contributed by atoms with Crippen LogP contribution < -0.4 is 10.1 Å². The molecule has 3 N–H and O–H groups in total. The van der Waals surface area contributed by atoms with Crippen LogP contribution in [-0.2, 0) is 6.18 Å². The zero-order chi connectivity index (χ0) is 17.7. The summed E-state index contributed by atoms with van der Waals surface area (Å²) in [6.45, 7) is -0.211. The molecule has 0 aliphatic carbocycles. The first-order valence-corrected chi connectivity index (χ1v) is 7.21. The molecule has 1 aromatic carbocycles. The minimum atomic E-state index is -4.55. The molecule has 1 heterocycles. The molecule has 130 valence electrons. The summed E-state index contributed by atoms with van der Waals surface area (Å²) in [7, 11) is 0. The van der Waals surface area contributed by atoms with Crippen molar-refractivity contribution in [3.05, 3.63) is 47.1 Å². The van der Waals surface area contributed by atoms with Gasteiger partial charge >= 0.3 is 6.18 Å². The second kappa shape index (κ2) is 7.69. The molecule has 0 aliphatic heterocycles. The Morgan fingerprint density at radius 1 is 1.21 bits per heavy atom. The maximum atomic E-state index is 12.7. The summed E-state index contributed by atoms with van der Waals surface area (Å²) in [5, 5.41) is 20.5. The Bertz CT molecular complexity index is 681. The van der Waals surface area contributed by atoms with Crippen LogP contribution in [0.5, 0.6) is 11.6 Å². The van der Waals surface area contributed by atoms with E-state index in [0.717, 1.165) is 6.07 Å². The van der Waals surface area contributed by atoms with Gasteiger partial charge in [-0.1, -0.05) is 11.6 Å². The van der Waals surface area contributed by atoms with E-state index in [1.165, 1.54) is 12.1 Å². The average Bonchev–Trinajstić information content (AvgIpc) is 2.52. The molecule has 0 saturated carbocycles. The number of aliphatic hydroxyl groups is 2. The standard InChI is InChI=1S/C15H14ClF3N2O3/c16-13-5-9(15(17,18)19)6-14(21-13)24-12-3-1-10(2-4-12)20-7-11(23)8-22/h1-6,11,20,22-23H,7-8H2. The van der Waals surface area contributed by atoms with E-state index in [1.54, 1.807) is 12.1 Å². The van der Waals surface area contributed by atoms with Gasteiger partial charge in [0.05, 0.1) is 18.3 Å². The lowest BCUT2D eigenvalue weighted by Crippen LogP contribution is -2.22. The van der Waals surface area contributed by atoms with Crippen molar-refractivity contribution < 1.29 is 28.1 Å². The molecule has 1 aromatic heterocycles. The summed E-state index contributed by atoms with van der Waals surface area (Å²) in [6, 6.07) is 7.72. The van der Waals surface area contributed by atoms with Crippen molar-refractivity contribution in [1.82, 2.24) is 4.98 Å². The van der Waals surface area contributed by atoms with Crippen LogP contribution >= 0.6 is 11.6 Å². The maximum Gasteiger partial charge on any atom is 0.416 e. The molecule has 0 amide bonds. The number of nitrogens with one attached hydrogen (secondary N) is 1. The van der Waals surface area contributed by atoms with Crippen LogP contribution in [0.1, 0.15) is 5.56 Å². The first-order valence-electron chi connectivity index (χ1n) is 6.83. The molecule has 9 heteroatoms. The molecule has 24 heavy (non-hydrogen) atoms. The second-order valence-electron chi connectivity index (χ2n) is 4.86. The molecule has 2 aromatic rings. The summed E-state index contributed by atoms with van der Waals surface area (Å²) in [5.74, 6) is -0.00242. The number of aromatic nitrogens is 1. The number of pyridine rings is 1. The van der Waals surface area contributed by atoms with E-state index in [9.17, 15) is 18.3 Å². The van der Waals surface area contributed by atoms with Crippen molar-refractivity contribution >= 4 is 17.3 Å². The van der Waals surface area contributed by atoms with Gasteiger partial charge in [-0.05, 0) is 30.3 Å². The largest absolute Gasteiger partial charge is 0.439 e. The first kappa shape index (κ1) is 18.3. The Morgan fingerprint density at radius 2 is 1.88 bits per heavy atom. The van der Waals surface area contributed by atoms with E-state index >= 15 is 0 Å². The van der Waals surface area contributed by atoms with Gasteiger partial charge in [-0.15, -0.1) is 0 Å². The molecule has 0 radical (unpaired) electrons. The van der Waals surface area contributed by atoms with E-state index in [0.29, 0.717) is 11.8 Å². The van der Waals surface area contributed by atoms with Gasteiger partial charge in [-0.25, -0.2) is 4.98 Å². The molecule has 1 atom stereocenters. The Labute approximate surface area is 140 Å². The van der Waals surface area contributed by atoms with Gasteiger partial charge in [0, 0.05) is 18.3 Å². The van der Waals surface area contributed by atoms with Crippen molar-refractivity contribution in [3.8, 4) is 11.6 Å². The molecular formula is C15H14ClF3N2O3. The lowest BCUT2D eigenvalue weighted by atomic mass is 10.2. The van der Waals surface area contributed by atoms with Gasteiger partial charge in [0.2, 0.25) is 5.88 Å². The summed E-state index contributed by atoms with van der Waals surface area (Å²) in [5.41, 5.74) is -0.307. The number of alkyl halides is 3. The molecule has 5 nitrogen and oxygen atoms in total. The highest BCUT2D eigenvalue weighted by Crippen LogP contribution is 2.33. The molecule has 0 saturated heterocycles. The van der Waals surface area contributed by atoms with Crippen molar-refractivity contribution in [2.75, 3.05) is 18.5 Å². The Kier molecular flexibility index (Phi) is 5.87. The minimum absolute atomic E-state index is 0.154. The third-order valence-electron chi connectivity index (χ3n) is 2.93. The van der Waals surface area contributed by atoms with Crippen molar-refractivity contribution in [3.63, 3.8) is 0 Å². The van der Waals surface area contributed by atoms with Crippen LogP contribution in [0.15, 0.2) is 36.4 Å². The number of aliphatic hydroxyl groups excluding tert-OH is 2. The number of benzene rings is 1. The normalized spacial score (nSPS) is 12.8. The van der Waals surface area contributed by atoms with Gasteiger partial charge in [0.15, 0.2) is 0 Å². The highest BCUT2D eigenvalue weighted by Gasteiger charge is 2.31. The Morgan fingerprint density at radius 3 is 2.46 bits per heavy atom. The quantitative estimate of drug-likeness (QED) is 0.687. The lowest BCUT2D eigenvalue weighted by Gasteiger charge is -2.12. The van der Waals surface area contributed by atoms with E-state index in [-0.39, 0.29) is 29.9 Å². The fourth-order valence-electron chi connectivity index (χ4n) is 1.75. The number of halogens is 4. The van der Waals surface area contributed by atoms with Gasteiger partial charge in [0.25, 0.3) is 0 Å². The fraction of sp³-hybridized carbons (Fsp3) is 0.267. The third kappa shape index (κ3) is 5.26. The highest BCUT2D eigenvalue weighted by atomic mass is 35.5. The Balaban J connectivity index is 2.07. The Hall–Kier alpha value is -2.03. The van der Waals surface area contributed by atoms with E-state index in [2.05, 4.69) is 10.3 Å². The zero-order valence-electron chi connectivity index (χ0n) is 12.2.